The Labute approximate surface area is 124 Å². The molecule has 0 aliphatic rings. The van der Waals surface area contributed by atoms with Crippen molar-refractivity contribution in [2.24, 2.45) is 12.9 Å². The first-order chi connectivity index (χ1) is 9.90. The predicted octanol–water partition coefficient (Wildman–Crippen LogP) is 1.91. The van der Waals surface area contributed by atoms with Gasteiger partial charge in [-0.15, -0.1) is 0 Å². The molecule has 2 rings (SSSR count). The van der Waals surface area contributed by atoms with Gasteiger partial charge in [-0.05, 0) is 19.8 Å². The zero-order valence-corrected chi connectivity index (χ0v) is 13.4. The third-order valence-electron chi connectivity index (χ3n) is 3.44. The van der Waals surface area contributed by atoms with Crippen molar-refractivity contribution < 1.29 is 4.74 Å². The summed E-state index contributed by atoms with van der Waals surface area (Å²) in [6, 6.07) is 0. The van der Waals surface area contributed by atoms with Crippen LogP contribution in [0, 0.1) is 13.8 Å². The number of nitrogens with one attached hydrogen (secondary N) is 1. The fourth-order valence-corrected chi connectivity index (χ4v) is 2.62. The van der Waals surface area contributed by atoms with E-state index in [9.17, 15) is 0 Å². The summed E-state index contributed by atoms with van der Waals surface area (Å²) >= 11 is 0. The number of hydrogen-bond donors (Lipinski definition) is 2. The molecule has 0 saturated heterocycles. The first kappa shape index (κ1) is 15.2. The summed E-state index contributed by atoms with van der Waals surface area (Å²) in [4.78, 5) is 9.16. The predicted molar refractivity (Wildman–Crippen MR) is 82.2 cm³/mol. The van der Waals surface area contributed by atoms with E-state index in [0.29, 0.717) is 17.5 Å². The smallest absolute Gasteiger partial charge is 0.222 e. The summed E-state index contributed by atoms with van der Waals surface area (Å²) in [5.74, 6) is 7.74. The molecule has 2 heterocycles. The number of nitrogens with zero attached hydrogens (tertiary/aromatic N) is 4. The molecule has 0 bridgehead atoms. The average molecular weight is 290 g/mol. The van der Waals surface area contributed by atoms with Crippen molar-refractivity contribution in [1.29, 1.82) is 0 Å². The van der Waals surface area contributed by atoms with E-state index in [1.54, 1.807) is 11.8 Å². The van der Waals surface area contributed by atoms with E-state index in [1.165, 1.54) is 0 Å². The molecule has 0 amide bonds. The van der Waals surface area contributed by atoms with Crippen LogP contribution in [0.1, 0.15) is 36.7 Å². The van der Waals surface area contributed by atoms with Gasteiger partial charge in [-0.2, -0.15) is 5.10 Å². The number of aromatic nitrogens is 4. The molecule has 0 aliphatic heterocycles. The molecule has 0 fully saturated rings. The highest BCUT2D eigenvalue weighted by molar-refractivity contribution is 5.67. The highest BCUT2D eigenvalue weighted by Crippen LogP contribution is 2.33. The van der Waals surface area contributed by atoms with E-state index in [-0.39, 0.29) is 5.92 Å². The third kappa shape index (κ3) is 2.56. The summed E-state index contributed by atoms with van der Waals surface area (Å²) in [5, 5.41) is 4.36. The summed E-state index contributed by atoms with van der Waals surface area (Å²) < 4.78 is 7.09. The Morgan fingerprint density at radius 3 is 2.38 bits per heavy atom. The van der Waals surface area contributed by atoms with Gasteiger partial charge in [-0.25, -0.2) is 20.5 Å². The van der Waals surface area contributed by atoms with Gasteiger partial charge in [-0.3, -0.25) is 0 Å². The molecule has 114 valence electrons. The zero-order chi connectivity index (χ0) is 15.7. The molecule has 0 saturated carbocycles. The van der Waals surface area contributed by atoms with E-state index in [1.807, 2.05) is 20.9 Å². The van der Waals surface area contributed by atoms with E-state index in [4.69, 9.17) is 10.6 Å². The summed E-state index contributed by atoms with van der Waals surface area (Å²) in [7, 11) is 3.43. The lowest BCUT2D eigenvalue weighted by Crippen LogP contribution is -2.15. The molecule has 0 aliphatic carbocycles. The lowest BCUT2D eigenvalue weighted by molar-refractivity contribution is 0.374. The summed E-state index contributed by atoms with van der Waals surface area (Å²) in [6.45, 7) is 8.03. The van der Waals surface area contributed by atoms with Crippen molar-refractivity contribution in [3.05, 3.63) is 17.0 Å². The first-order valence-corrected chi connectivity index (χ1v) is 6.83. The second kappa shape index (κ2) is 5.69. The molecule has 0 spiro atoms. The fourth-order valence-electron chi connectivity index (χ4n) is 2.62. The number of rotatable bonds is 4. The Morgan fingerprint density at radius 1 is 1.19 bits per heavy atom. The first-order valence-electron chi connectivity index (χ1n) is 6.83. The zero-order valence-electron chi connectivity index (χ0n) is 13.4. The molecule has 7 heteroatoms. The van der Waals surface area contributed by atoms with E-state index in [2.05, 4.69) is 34.3 Å². The van der Waals surface area contributed by atoms with Gasteiger partial charge < -0.3 is 10.2 Å². The normalized spacial score (nSPS) is 11.0. The van der Waals surface area contributed by atoms with Crippen molar-refractivity contribution in [3.8, 4) is 17.3 Å². The van der Waals surface area contributed by atoms with E-state index < -0.39 is 0 Å². The molecule has 0 aromatic carbocycles. The number of anilines is 1. The number of aryl methyl sites for hydroxylation is 3. The quantitative estimate of drug-likeness (QED) is 0.660. The SMILES string of the molecule is COc1c(-c2nc(C)c(C(C)C)c(NN)n2)c(C)nn1C. The van der Waals surface area contributed by atoms with E-state index in [0.717, 1.165) is 22.5 Å². The monoisotopic (exact) mass is 290 g/mol. The molecule has 2 aromatic heterocycles. The minimum absolute atomic E-state index is 0.280. The van der Waals surface area contributed by atoms with E-state index >= 15 is 0 Å². The van der Waals surface area contributed by atoms with Crippen molar-refractivity contribution in [1.82, 2.24) is 19.7 Å². The summed E-state index contributed by atoms with van der Waals surface area (Å²) in [5.41, 5.74) is 6.19. The fraction of sp³-hybridized carbons (Fsp3) is 0.500. The van der Waals surface area contributed by atoms with Crippen LogP contribution in [-0.4, -0.2) is 26.9 Å². The van der Waals surface area contributed by atoms with Crippen molar-refractivity contribution >= 4 is 5.82 Å². The molecular formula is C14H22N6O. The van der Waals surface area contributed by atoms with Gasteiger partial charge in [0.25, 0.3) is 0 Å². The number of methoxy groups -OCH3 is 1. The molecule has 0 atom stereocenters. The largest absolute Gasteiger partial charge is 0.481 e. The maximum atomic E-state index is 5.63. The molecule has 0 unspecified atom stereocenters. The number of hydrazine groups is 1. The van der Waals surface area contributed by atoms with Gasteiger partial charge in [0, 0.05) is 18.3 Å². The van der Waals surface area contributed by atoms with Crippen molar-refractivity contribution in [3.63, 3.8) is 0 Å². The number of nitrogens with two attached hydrogens (primary N) is 1. The van der Waals surface area contributed by atoms with Gasteiger partial charge in [0.2, 0.25) is 5.88 Å². The second-order valence-electron chi connectivity index (χ2n) is 5.29. The van der Waals surface area contributed by atoms with Gasteiger partial charge in [0.1, 0.15) is 11.4 Å². The maximum absolute atomic E-state index is 5.63. The van der Waals surface area contributed by atoms with Crippen LogP contribution in [0.15, 0.2) is 0 Å². The van der Waals surface area contributed by atoms with Crippen LogP contribution in [0.2, 0.25) is 0 Å². The number of ether oxygens (including phenoxy) is 1. The van der Waals surface area contributed by atoms with Crippen molar-refractivity contribution in [2.45, 2.75) is 33.6 Å². The Balaban J connectivity index is 2.69. The molecule has 2 aromatic rings. The Morgan fingerprint density at radius 2 is 1.86 bits per heavy atom. The standard InChI is InChI=1S/C14H22N6O/c1-7(2)10-8(3)16-12(17-13(10)18-15)11-9(4)19-20(5)14(11)21-6/h7H,15H2,1-6H3,(H,16,17,18). The highest BCUT2D eigenvalue weighted by atomic mass is 16.5. The van der Waals surface area contributed by atoms with Crippen LogP contribution in [0.4, 0.5) is 5.82 Å². The second-order valence-corrected chi connectivity index (χ2v) is 5.29. The van der Waals surface area contributed by atoms with Crippen LogP contribution < -0.4 is 16.0 Å². The molecule has 7 nitrogen and oxygen atoms in total. The average Bonchev–Trinajstić information content (AvgIpc) is 2.70. The van der Waals surface area contributed by atoms with Crippen LogP contribution in [-0.2, 0) is 7.05 Å². The topological polar surface area (TPSA) is 90.9 Å². The van der Waals surface area contributed by atoms with Crippen LogP contribution in [0.25, 0.3) is 11.4 Å². The minimum atomic E-state index is 0.280. The van der Waals surface area contributed by atoms with Gasteiger partial charge in [0.15, 0.2) is 5.82 Å². The maximum Gasteiger partial charge on any atom is 0.222 e. The van der Waals surface area contributed by atoms with Crippen LogP contribution >= 0.6 is 0 Å². The summed E-state index contributed by atoms with van der Waals surface area (Å²) in [6.07, 6.45) is 0. The number of hydrogen-bond acceptors (Lipinski definition) is 6. The molecule has 21 heavy (non-hydrogen) atoms. The Hall–Kier alpha value is -2.15. The lowest BCUT2D eigenvalue weighted by atomic mass is 10.0. The highest BCUT2D eigenvalue weighted by Gasteiger charge is 2.21. The molecule has 0 radical (unpaired) electrons. The van der Waals surface area contributed by atoms with Crippen molar-refractivity contribution in [2.75, 3.05) is 12.5 Å². The Kier molecular flexibility index (Phi) is 4.13. The van der Waals surface area contributed by atoms with Gasteiger partial charge in [-0.1, -0.05) is 13.8 Å². The van der Waals surface area contributed by atoms with Crippen LogP contribution in [0.5, 0.6) is 5.88 Å². The lowest BCUT2D eigenvalue weighted by Gasteiger charge is -2.15. The Bertz CT molecular complexity index is 662. The van der Waals surface area contributed by atoms with Gasteiger partial charge in [0.05, 0.1) is 12.8 Å². The third-order valence-corrected chi connectivity index (χ3v) is 3.44. The molecular weight excluding hydrogens is 268 g/mol. The van der Waals surface area contributed by atoms with Crippen LogP contribution in [0.3, 0.4) is 0 Å². The van der Waals surface area contributed by atoms with Gasteiger partial charge >= 0.3 is 0 Å². The molecule has 3 N–H and O–H groups in total. The minimum Gasteiger partial charge on any atom is -0.481 e. The number of nitrogen functional groups attached to an aromatic ring is 1.